The van der Waals surface area contributed by atoms with Gasteiger partial charge >= 0.3 is 0 Å². The lowest BCUT2D eigenvalue weighted by Gasteiger charge is -2.32. The van der Waals surface area contributed by atoms with Gasteiger partial charge in [-0.15, -0.1) is 12.4 Å². The van der Waals surface area contributed by atoms with E-state index in [-0.39, 0.29) is 18.3 Å². The van der Waals surface area contributed by atoms with Gasteiger partial charge in [-0.3, -0.25) is 9.69 Å². The monoisotopic (exact) mass is 342 g/mol. The molecule has 3 N–H and O–H groups in total. The molecule has 0 radical (unpaired) electrons. The van der Waals surface area contributed by atoms with Crippen LogP contribution in [0.15, 0.2) is 24.3 Å². The largest absolute Gasteiger partial charge is 0.492 e. The Morgan fingerprint density at radius 3 is 2.43 bits per heavy atom. The van der Waals surface area contributed by atoms with Crippen LogP contribution in [0.4, 0.5) is 5.69 Å². The molecule has 1 saturated heterocycles. The van der Waals surface area contributed by atoms with Gasteiger partial charge in [0.2, 0.25) is 5.91 Å². The number of piperazine rings is 1. The average Bonchev–Trinajstić information content (AvgIpc) is 2.51. The molecule has 1 unspecified atom stereocenters. The first-order valence-electron chi connectivity index (χ1n) is 7.75. The summed E-state index contributed by atoms with van der Waals surface area (Å²) in [7, 11) is 2.15. The summed E-state index contributed by atoms with van der Waals surface area (Å²) < 4.78 is 5.75. The van der Waals surface area contributed by atoms with Crippen molar-refractivity contribution in [1.82, 2.24) is 9.80 Å². The van der Waals surface area contributed by atoms with Crippen LogP contribution in [-0.4, -0.2) is 68.1 Å². The summed E-state index contributed by atoms with van der Waals surface area (Å²) in [5.74, 6) is 0.622. The Hall–Kier alpha value is -1.34. The van der Waals surface area contributed by atoms with Crippen molar-refractivity contribution in [1.29, 1.82) is 0 Å². The number of likely N-dealkylation sites (N-methyl/N-ethyl adjacent to an activating group) is 1. The zero-order valence-corrected chi connectivity index (χ0v) is 14.6. The predicted octanol–water partition coefficient (Wildman–Crippen LogP) is 1.02. The van der Waals surface area contributed by atoms with Crippen LogP contribution in [-0.2, 0) is 4.79 Å². The summed E-state index contributed by atoms with van der Waals surface area (Å²) in [6.45, 7) is 7.71. The van der Waals surface area contributed by atoms with Crippen LogP contribution in [0.25, 0.3) is 0 Å². The Labute approximate surface area is 144 Å². The molecule has 0 bridgehead atoms. The van der Waals surface area contributed by atoms with Crippen molar-refractivity contribution in [3.63, 3.8) is 0 Å². The number of hydrogen-bond donors (Lipinski definition) is 2. The molecule has 1 aromatic rings. The molecule has 2 rings (SSSR count). The number of nitrogens with zero attached hydrogens (tertiary/aromatic N) is 2. The summed E-state index contributed by atoms with van der Waals surface area (Å²) in [6, 6.07) is 6.86. The van der Waals surface area contributed by atoms with Crippen molar-refractivity contribution >= 4 is 24.0 Å². The first kappa shape index (κ1) is 19.7. The molecule has 1 fully saturated rings. The Kier molecular flexibility index (Phi) is 8.33. The van der Waals surface area contributed by atoms with Crippen molar-refractivity contribution in [2.24, 2.45) is 5.73 Å². The molecule has 1 aliphatic heterocycles. The molecular weight excluding hydrogens is 316 g/mol. The second-order valence-corrected chi connectivity index (χ2v) is 5.80. The molecule has 1 heterocycles. The van der Waals surface area contributed by atoms with E-state index in [4.69, 9.17) is 10.5 Å². The van der Waals surface area contributed by atoms with Crippen LogP contribution >= 0.6 is 12.4 Å². The quantitative estimate of drug-likeness (QED) is 0.807. The lowest BCUT2D eigenvalue weighted by atomic mass is 10.2. The fourth-order valence-corrected chi connectivity index (χ4v) is 2.25. The van der Waals surface area contributed by atoms with E-state index in [1.807, 2.05) is 24.3 Å². The van der Waals surface area contributed by atoms with Crippen molar-refractivity contribution in [2.75, 3.05) is 51.7 Å². The Bertz CT molecular complexity index is 473. The van der Waals surface area contributed by atoms with Gasteiger partial charge in [0.1, 0.15) is 12.4 Å². The molecule has 1 aliphatic rings. The summed E-state index contributed by atoms with van der Waals surface area (Å²) in [4.78, 5) is 16.2. The maximum atomic E-state index is 11.5. The van der Waals surface area contributed by atoms with Gasteiger partial charge in [-0.25, -0.2) is 0 Å². The van der Waals surface area contributed by atoms with Gasteiger partial charge in [-0.2, -0.15) is 0 Å². The molecule has 1 aromatic carbocycles. The number of carbonyl (C=O) groups excluding carboxylic acids is 1. The third-order valence-electron chi connectivity index (χ3n) is 3.81. The van der Waals surface area contributed by atoms with Crippen LogP contribution in [0, 0.1) is 0 Å². The van der Waals surface area contributed by atoms with E-state index in [1.165, 1.54) is 0 Å². The minimum Gasteiger partial charge on any atom is -0.492 e. The number of anilines is 1. The number of hydrogen-bond acceptors (Lipinski definition) is 5. The number of nitrogens with two attached hydrogens (primary N) is 1. The fourth-order valence-electron chi connectivity index (χ4n) is 2.25. The van der Waals surface area contributed by atoms with Gasteiger partial charge in [-0.05, 0) is 38.2 Å². The van der Waals surface area contributed by atoms with Crippen molar-refractivity contribution < 1.29 is 9.53 Å². The van der Waals surface area contributed by atoms with E-state index in [1.54, 1.807) is 6.92 Å². The van der Waals surface area contributed by atoms with E-state index in [0.717, 1.165) is 44.2 Å². The highest BCUT2D eigenvalue weighted by Gasteiger charge is 2.13. The van der Waals surface area contributed by atoms with Gasteiger partial charge in [0.05, 0.1) is 6.04 Å². The normalized spacial score (nSPS) is 17.2. The number of carbonyl (C=O) groups is 1. The van der Waals surface area contributed by atoms with E-state index in [9.17, 15) is 4.79 Å². The standard InChI is InChI=1S/C16H26N4O2.ClH/c1-13(17)16(21)18-14-3-5-15(6-4-14)22-12-11-20-9-7-19(2)8-10-20;/h3-6,13H,7-12,17H2,1-2H3,(H,18,21);1H. The maximum Gasteiger partial charge on any atom is 0.240 e. The highest BCUT2D eigenvalue weighted by Crippen LogP contribution is 2.15. The van der Waals surface area contributed by atoms with Crippen molar-refractivity contribution in [3.05, 3.63) is 24.3 Å². The first-order valence-corrected chi connectivity index (χ1v) is 7.75. The number of ether oxygens (including phenoxy) is 1. The molecule has 130 valence electrons. The van der Waals surface area contributed by atoms with E-state index >= 15 is 0 Å². The molecule has 1 atom stereocenters. The topological polar surface area (TPSA) is 70.8 Å². The van der Waals surface area contributed by atoms with Crippen molar-refractivity contribution in [2.45, 2.75) is 13.0 Å². The lowest BCUT2D eigenvalue weighted by molar-refractivity contribution is -0.117. The number of amides is 1. The third kappa shape index (κ3) is 6.74. The molecule has 1 amide bonds. The average molecular weight is 343 g/mol. The van der Waals surface area contributed by atoms with Gasteiger partial charge in [-0.1, -0.05) is 0 Å². The van der Waals surface area contributed by atoms with Gasteiger partial charge in [0.25, 0.3) is 0 Å². The number of rotatable bonds is 6. The molecule has 6 nitrogen and oxygen atoms in total. The first-order chi connectivity index (χ1) is 10.5. The summed E-state index contributed by atoms with van der Waals surface area (Å²) >= 11 is 0. The lowest BCUT2D eigenvalue weighted by Crippen LogP contribution is -2.45. The summed E-state index contributed by atoms with van der Waals surface area (Å²) in [6.07, 6.45) is 0. The molecule has 0 aliphatic carbocycles. The number of benzene rings is 1. The molecule has 0 aromatic heterocycles. The maximum absolute atomic E-state index is 11.5. The Morgan fingerprint density at radius 1 is 1.26 bits per heavy atom. The zero-order chi connectivity index (χ0) is 15.9. The zero-order valence-electron chi connectivity index (χ0n) is 13.8. The highest BCUT2D eigenvalue weighted by molar-refractivity contribution is 5.94. The summed E-state index contributed by atoms with van der Waals surface area (Å²) in [5, 5.41) is 2.75. The minimum absolute atomic E-state index is 0. The van der Waals surface area contributed by atoms with Crippen LogP contribution in [0.3, 0.4) is 0 Å². The third-order valence-corrected chi connectivity index (χ3v) is 3.81. The molecule has 7 heteroatoms. The SMILES string of the molecule is CC(N)C(=O)Nc1ccc(OCCN2CCN(C)CC2)cc1.Cl. The molecule has 0 spiro atoms. The molecule has 0 saturated carbocycles. The predicted molar refractivity (Wildman–Crippen MR) is 95.4 cm³/mol. The van der Waals surface area contributed by atoms with Crippen LogP contribution in [0.2, 0.25) is 0 Å². The second-order valence-electron chi connectivity index (χ2n) is 5.80. The Morgan fingerprint density at radius 2 is 1.87 bits per heavy atom. The van der Waals surface area contributed by atoms with Crippen LogP contribution < -0.4 is 15.8 Å². The number of halogens is 1. The molecule has 23 heavy (non-hydrogen) atoms. The minimum atomic E-state index is -0.514. The highest BCUT2D eigenvalue weighted by atomic mass is 35.5. The van der Waals surface area contributed by atoms with Crippen LogP contribution in [0.5, 0.6) is 5.75 Å². The molecular formula is C16H27ClN4O2. The van der Waals surface area contributed by atoms with E-state index in [0.29, 0.717) is 6.61 Å². The van der Waals surface area contributed by atoms with Gasteiger partial charge in [0, 0.05) is 38.4 Å². The van der Waals surface area contributed by atoms with Crippen LogP contribution in [0.1, 0.15) is 6.92 Å². The van der Waals surface area contributed by atoms with E-state index in [2.05, 4.69) is 22.2 Å². The number of nitrogens with one attached hydrogen (secondary N) is 1. The fraction of sp³-hybridized carbons (Fsp3) is 0.562. The Balaban J connectivity index is 0.00000264. The van der Waals surface area contributed by atoms with Crippen molar-refractivity contribution in [3.8, 4) is 5.75 Å². The summed E-state index contributed by atoms with van der Waals surface area (Å²) in [5.41, 5.74) is 6.24. The second kappa shape index (κ2) is 9.72. The smallest absolute Gasteiger partial charge is 0.240 e. The van der Waals surface area contributed by atoms with Gasteiger partial charge < -0.3 is 20.7 Å². The van der Waals surface area contributed by atoms with Gasteiger partial charge in [0.15, 0.2) is 0 Å². The van der Waals surface area contributed by atoms with E-state index < -0.39 is 6.04 Å².